The molecule has 0 saturated heterocycles. The van der Waals surface area contributed by atoms with E-state index >= 15 is 0 Å². The van der Waals surface area contributed by atoms with E-state index in [1.54, 1.807) is 60.7 Å². The molecule has 0 saturated carbocycles. The number of aliphatic hydroxyl groups excluding tert-OH is 1. The van der Waals surface area contributed by atoms with E-state index in [1.807, 2.05) is 20.2 Å². The minimum Gasteiger partial charge on any atom is -0.478 e. The molecule has 4 N–H and O–H groups in total. The molecule has 47 heavy (non-hydrogen) atoms. The molecular weight excluding hydrogens is 588 g/mol. The number of aliphatic hydroxyl groups is 1. The van der Waals surface area contributed by atoms with Crippen molar-refractivity contribution in [2.75, 3.05) is 24.3 Å². The molecular formula is C40H46N2O5. The first-order valence-corrected chi connectivity index (χ1v) is 15.8. The normalized spacial score (nSPS) is 15.1. The van der Waals surface area contributed by atoms with Crippen LogP contribution in [0.15, 0.2) is 97.1 Å². The lowest BCUT2D eigenvalue weighted by molar-refractivity contribution is 0.0686. The summed E-state index contributed by atoms with van der Waals surface area (Å²) in [4.78, 5) is 23.4. The molecule has 0 heterocycles. The summed E-state index contributed by atoms with van der Waals surface area (Å²) in [7, 11) is 4.08. The molecule has 1 aliphatic carbocycles. The summed E-state index contributed by atoms with van der Waals surface area (Å²) in [5.41, 5.74) is 8.35. The number of hydrogen-bond donors (Lipinski definition) is 4. The van der Waals surface area contributed by atoms with E-state index in [4.69, 9.17) is 10.2 Å². The first-order valence-electron chi connectivity index (χ1n) is 15.8. The van der Waals surface area contributed by atoms with Crippen LogP contribution in [0.1, 0.15) is 95.2 Å². The highest BCUT2D eigenvalue weighted by molar-refractivity contribution is 5.88. The Labute approximate surface area is 278 Å². The Hall–Kier alpha value is -4.88. The van der Waals surface area contributed by atoms with E-state index in [9.17, 15) is 14.7 Å². The van der Waals surface area contributed by atoms with Gasteiger partial charge in [0.05, 0.1) is 17.2 Å². The van der Waals surface area contributed by atoms with Crippen molar-refractivity contribution in [3.8, 4) is 0 Å². The Kier molecular flexibility index (Phi) is 10.9. The zero-order valence-corrected chi connectivity index (χ0v) is 28.1. The molecule has 0 bridgehead atoms. The van der Waals surface area contributed by atoms with Gasteiger partial charge in [-0.25, -0.2) is 9.59 Å². The Balaban J connectivity index is 0.000000479. The van der Waals surface area contributed by atoms with E-state index in [-0.39, 0.29) is 16.4 Å². The minimum absolute atomic E-state index is 0.000744. The summed E-state index contributed by atoms with van der Waals surface area (Å²) in [5.74, 6) is -1.83. The van der Waals surface area contributed by atoms with Gasteiger partial charge in [-0.1, -0.05) is 88.4 Å². The Morgan fingerprint density at radius 1 is 0.809 bits per heavy atom. The van der Waals surface area contributed by atoms with Crippen molar-refractivity contribution >= 4 is 29.4 Å². The lowest BCUT2D eigenvalue weighted by atomic mass is 9.62. The first kappa shape index (κ1) is 35.0. The number of nitrogens with zero attached hydrogens (tertiary/aromatic N) is 1. The van der Waals surface area contributed by atoms with Crippen molar-refractivity contribution in [1.82, 2.24) is 0 Å². The first-order chi connectivity index (χ1) is 22.2. The SMILES string of the molecule is CN(C)c1ccc(CNc2cc(C(O)C=Cc3ccc(C(=O)O)cc3)cc3c2C(C)(C)CCC3(C)C)cc1.O=C(O)c1ccccc1. The number of rotatable bonds is 9. The molecule has 4 aromatic carbocycles. The van der Waals surface area contributed by atoms with Gasteiger partial charge < -0.3 is 25.5 Å². The molecule has 0 aliphatic heterocycles. The van der Waals surface area contributed by atoms with Gasteiger partial charge in [-0.05, 0) is 94.0 Å². The fraction of sp³-hybridized carbons (Fsp3) is 0.300. The second kappa shape index (κ2) is 14.7. The maximum absolute atomic E-state index is 11.2. The molecule has 1 unspecified atom stereocenters. The topological polar surface area (TPSA) is 110 Å². The number of anilines is 2. The van der Waals surface area contributed by atoms with Gasteiger partial charge in [0.15, 0.2) is 0 Å². The van der Waals surface area contributed by atoms with Crippen LogP contribution in [0, 0.1) is 0 Å². The second-order valence-corrected chi connectivity index (χ2v) is 13.6. The monoisotopic (exact) mass is 634 g/mol. The van der Waals surface area contributed by atoms with Crippen LogP contribution in [0.4, 0.5) is 11.4 Å². The van der Waals surface area contributed by atoms with E-state index in [1.165, 1.54) is 22.4 Å². The van der Waals surface area contributed by atoms with Crippen molar-refractivity contribution in [1.29, 1.82) is 0 Å². The van der Waals surface area contributed by atoms with Crippen LogP contribution in [-0.4, -0.2) is 41.4 Å². The number of carboxylic acids is 2. The standard InChI is InChI=1S/C33H40N2O3.C7H6O2/c1-32(2)17-18-33(3,4)30-27(32)19-25(29(36)16-11-22-7-12-24(13-8-22)31(37)38)20-28(30)34-21-23-9-14-26(15-10-23)35(5)6;8-7(9)6-4-2-1-3-5-6/h7-16,19-20,29,34,36H,17-18,21H2,1-6H3,(H,37,38);1-5H,(H,8,9). The fourth-order valence-electron chi connectivity index (χ4n) is 5.86. The molecule has 4 aromatic rings. The second-order valence-electron chi connectivity index (χ2n) is 13.6. The third-order valence-electron chi connectivity index (χ3n) is 8.87. The van der Waals surface area contributed by atoms with Crippen LogP contribution >= 0.6 is 0 Å². The van der Waals surface area contributed by atoms with Gasteiger partial charge in [-0.3, -0.25) is 0 Å². The van der Waals surface area contributed by atoms with Crippen LogP contribution in [0.5, 0.6) is 0 Å². The van der Waals surface area contributed by atoms with E-state index in [0.29, 0.717) is 12.1 Å². The number of aromatic carboxylic acids is 2. The Bertz CT molecular complexity index is 1710. The summed E-state index contributed by atoms with van der Waals surface area (Å²) < 4.78 is 0. The lowest BCUT2D eigenvalue weighted by Crippen LogP contribution is -2.35. The number of carboxylic acid groups (broad SMARTS) is 2. The van der Waals surface area contributed by atoms with Crippen LogP contribution in [0.3, 0.4) is 0 Å². The maximum Gasteiger partial charge on any atom is 0.335 e. The zero-order chi connectivity index (χ0) is 34.4. The van der Waals surface area contributed by atoms with Gasteiger partial charge in [0.2, 0.25) is 0 Å². The van der Waals surface area contributed by atoms with Crippen molar-refractivity contribution < 1.29 is 24.9 Å². The van der Waals surface area contributed by atoms with Gasteiger partial charge in [0.25, 0.3) is 0 Å². The third kappa shape index (κ3) is 8.89. The molecule has 1 atom stereocenters. The highest BCUT2D eigenvalue weighted by Crippen LogP contribution is 2.49. The number of benzene rings is 4. The van der Waals surface area contributed by atoms with Gasteiger partial charge in [0.1, 0.15) is 0 Å². The molecule has 246 valence electrons. The fourth-order valence-corrected chi connectivity index (χ4v) is 5.86. The summed E-state index contributed by atoms with van der Waals surface area (Å²) in [6, 6.07) is 27.8. The van der Waals surface area contributed by atoms with Crippen LogP contribution in [0.25, 0.3) is 6.08 Å². The average molecular weight is 635 g/mol. The lowest BCUT2D eigenvalue weighted by Gasteiger charge is -2.43. The van der Waals surface area contributed by atoms with E-state index in [2.05, 4.69) is 74.3 Å². The predicted octanol–water partition coefficient (Wildman–Crippen LogP) is 8.54. The summed E-state index contributed by atoms with van der Waals surface area (Å²) in [6.45, 7) is 9.91. The quantitative estimate of drug-likeness (QED) is 0.146. The van der Waals surface area contributed by atoms with Crippen LogP contribution in [-0.2, 0) is 17.4 Å². The minimum atomic E-state index is -0.950. The predicted molar refractivity (Wildman–Crippen MR) is 191 cm³/mol. The number of hydrogen-bond acceptors (Lipinski definition) is 5. The summed E-state index contributed by atoms with van der Waals surface area (Å²) in [5, 5.41) is 32.4. The van der Waals surface area contributed by atoms with E-state index < -0.39 is 18.0 Å². The molecule has 7 nitrogen and oxygen atoms in total. The van der Waals surface area contributed by atoms with Crippen LogP contribution < -0.4 is 10.2 Å². The van der Waals surface area contributed by atoms with Gasteiger partial charge >= 0.3 is 11.9 Å². The third-order valence-corrected chi connectivity index (χ3v) is 8.87. The van der Waals surface area contributed by atoms with Gasteiger partial charge in [-0.15, -0.1) is 0 Å². The van der Waals surface area contributed by atoms with Crippen molar-refractivity contribution in [2.24, 2.45) is 0 Å². The Morgan fingerprint density at radius 3 is 1.94 bits per heavy atom. The van der Waals surface area contributed by atoms with Crippen molar-refractivity contribution in [3.63, 3.8) is 0 Å². The largest absolute Gasteiger partial charge is 0.478 e. The number of nitrogens with one attached hydrogen (secondary N) is 1. The summed E-state index contributed by atoms with van der Waals surface area (Å²) in [6.07, 6.45) is 5.00. The van der Waals surface area contributed by atoms with Crippen LogP contribution in [0.2, 0.25) is 0 Å². The van der Waals surface area contributed by atoms with E-state index in [0.717, 1.165) is 29.7 Å². The highest BCUT2D eigenvalue weighted by atomic mass is 16.4. The van der Waals surface area contributed by atoms with Crippen molar-refractivity contribution in [3.05, 3.63) is 136 Å². The average Bonchev–Trinajstić information content (AvgIpc) is 3.05. The molecule has 0 aromatic heterocycles. The molecule has 7 heteroatoms. The van der Waals surface area contributed by atoms with Gasteiger partial charge in [-0.2, -0.15) is 0 Å². The molecule has 0 spiro atoms. The molecule has 1 aliphatic rings. The molecule has 0 radical (unpaired) electrons. The molecule has 0 fully saturated rings. The highest BCUT2D eigenvalue weighted by Gasteiger charge is 2.39. The molecule has 0 amide bonds. The summed E-state index contributed by atoms with van der Waals surface area (Å²) >= 11 is 0. The number of fused-ring (bicyclic) bond motifs is 1. The van der Waals surface area contributed by atoms with Gasteiger partial charge in [0, 0.05) is 32.0 Å². The maximum atomic E-state index is 11.2. The number of carbonyl (C=O) groups is 2. The van der Waals surface area contributed by atoms with Crippen molar-refractivity contribution in [2.45, 2.75) is 64.0 Å². The zero-order valence-electron chi connectivity index (χ0n) is 28.1. The smallest absolute Gasteiger partial charge is 0.335 e. The molecule has 5 rings (SSSR count). The Morgan fingerprint density at radius 2 is 1.38 bits per heavy atom.